The Morgan fingerprint density at radius 1 is 1.11 bits per heavy atom. The monoisotopic (exact) mass is 541 g/mol. The van der Waals surface area contributed by atoms with E-state index < -0.39 is 12.1 Å². The highest BCUT2D eigenvalue weighted by Crippen LogP contribution is 2.56. The van der Waals surface area contributed by atoms with Gasteiger partial charge < -0.3 is 18.6 Å². The van der Waals surface area contributed by atoms with Gasteiger partial charge in [-0.05, 0) is 79.6 Å². The summed E-state index contributed by atoms with van der Waals surface area (Å²) in [6.45, 7) is 0. The standard InChI is InChI=1S/C28H31NO6S2/c1-32-22-12-16(11-20(25(22)33-2)27(31)34-3)21-5-4-19(35-21)13-23-26(30)29(28(36)37-23)24-17-7-14-6-15(9-17)10-18(24)8-14/h4-5,11,13-15,17-18,22,24H,6-10,12H2,1-3H3. The summed E-state index contributed by atoms with van der Waals surface area (Å²) in [5.41, 5.74) is 1.08. The quantitative estimate of drug-likeness (QED) is 0.277. The Balaban J connectivity index is 1.24. The zero-order chi connectivity index (χ0) is 25.8. The summed E-state index contributed by atoms with van der Waals surface area (Å²) in [7, 11) is 4.41. The van der Waals surface area contributed by atoms with Gasteiger partial charge in [-0.3, -0.25) is 9.69 Å². The number of ether oxygens (including phenoxy) is 3. The minimum absolute atomic E-state index is 0.00222. The first-order chi connectivity index (χ1) is 17.9. The number of carbonyl (C=O) groups is 2. The smallest absolute Gasteiger partial charge is 0.341 e. The molecule has 7 nitrogen and oxygen atoms in total. The molecule has 1 aliphatic heterocycles. The summed E-state index contributed by atoms with van der Waals surface area (Å²) < 4.78 is 22.7. The van der Waals surface area contributed by atoms with Crippen LogP contribution in [0.3, 0.4) is 0 Å². The van der Waals surface area contributed by atoms with Crippen molar-refractivity contribution in [3.63, 3.8) is 0 Å². The molecule has 196 valence electrons. The van der Waals surface area contributed by atoms with Gasteiger partial charge in [-0.2, -0.15) is 0 Å². The first-order valence-electron chi connectivity index (χ1n) is 12.9. The molecule has 1 unspecified atom stereocenters. The summed E-state index contributed by atoms with van der Waals surface area (Å²) >= 11 is 7.10. The molecular formula is C28H31NO6S2. The Kier molecular flexibility index (Phi) is 6.57. The lowest BCUT2D eigenvalue weighted by atomic mass is 9.54. The minimum atomic E-state index is -0.503. The van der Waals surface area contributed by atoms with Crippen LogP contribution >= 0.6 is 24.0 Å². The predicted octanol–water partition coefficient (Wildman–Crippen LogP) is 5.18. The van der Waals surface area contributed by atoms with E-state index in [-0.39, 0.29) is 11.9 Å². The normalized spacial score (nSPS) is 34.0. The Labute approximate surface area is 226 Å². The van der Waals surface area contributed by atoms with E-state index in [4.69, 9.17) is 30.8 Å². The van der Waals surface area contributed by atoms with Gasteiger partial charge in [-0.15, -0.1) is 0 Å². The average molecular weight is 542 g/mol. The molecule has 0 radical (unpaired) electrons. The van der Waals surface area contributed by atoms with Crippen LogP contribution in [0, 0.1) is 23.7 Å². The first-order valence-corrected chi connectivity index (χ1v) is 14.1. The molecule has 1 aromatic rings. The van der Waals surface area contributed by atoms with Gasteiger partial charge >= 0.3 is 5.97 Å². The molecule has 0 N–H and O–H groups in total. The third-order valence-corrected chi connectivity index (χ3v) is 10.0. The number of hydrogen-bond acceptors (Lipinski definition) is 8. The number of esters is 1. The number of thioether (sulfide) groups is 1. The van der Waals surface area contributed by atoms with Crippen LogP contribution in [0.15, 0.2) is 38.9 Å². The van der Waals surface area contributed by atoms with Crippen molar-refractivity contribution in [3.05, 3.63) is 46.0 Å². The maximum absolute atomic E-state index is 13.6. The predicted molar refractivity (Wildman–Crippen MR) is 144 cm³/mol. The van der Waals surface area contributed by atoms with Crippen LogP contribution < -0.4 is 0 Å². The van der Waals surface area contributed by atoms with Crippen LogP contribution in [0.5, 0.6) is 0 Å². The summed E-state index contributed by atoms with van der Waals surface area (Å²) in [4.78, 5) is 28.5. The average Bonchev–Trinajstić information content (AvgIpc) is 3.46. The highest BCUT2D eigenvalue weighted by molar-refractivity contribution is 8.26. The van der Waals surface area contributed by atoms with Crippen molar-refractivity contribution in [2.24, 2.45) is 23.7 Å². The molecule has 1 atom stereocenters. The van der Waals surface area contributed by atoms with E-state index in [1.54, 1.807) is 19.3 Å². The maximum atomic E-state index is 13.6. The van der Waals surface area contributed by atoms with Crippen molar-refractivity contribution < 1.29 is 28.2 Å². The van der Waals surface area contributed by atoms with Gasteiger partial charge in [0.1, 0.15) is 33.3 Å². The van der Waals surface area contributed by atoms with Crippen LogP contribution in [0.4, 0.5) is 0 Å². The number of nitrogens with zero attached hydrogens (tertiary/aromatic N) is 1. The van der Waals surface area contributed by atoms with E-state index in [1.165, 1.54) is 58.1 Å². The van der Waals surface area contributed by atoms with Gasteiger partial charge in [-0.1, -0.05) is 24.0 Å². The molecule has 4 saturated carbocycles. The molecule has 37 heavy (non-hydrogen) atoms. The molecule has 9 heteroatoms. The van der Waals surface area contributed by atoms with Gasteiger partial charge in [0.15, 0.2) is 0 Å². The Morgan fingerprint density at radius 2 is 1.81 bits per heavy atom. The number of methoxy groups -OCH3 is 3. The summed E-state index contributed by atoms with van der Waals surface area (Å²) in [6.07, 6.45) is 9.86. The second-order valence-corrected chi connectivity index (χ2v) is 12.4. The minimum Gasteiger partial charge on any atom is -0.497 e. The van der Waals surface area contributed by atoms with Gasteiger partial charge in [0, 0.05) is 25.6 Å². The Morgan fingerprint density at radius 3 is 2.43 bits per heavy atom. The number of furan rings is 1. The fraction of sp³-hybridized carbons (Fsp3) is 0.536. The Hall–Kier alpha value is -2.36. The molecule has 4 bridgehead atoms. The number of rotatable bonds is 6. The second-order valence-electron chi connectivity index (χ2n) is 10.7. The maximum Gasteiger partial charge on any atom is 0.341 e. The number of amides is 1. The van der Waals surface area contributed by atoms with Crippen LogP contribution in [-0.2, 0) is 23.8 Å². The van der Waals surface area contributed by atoms with Crippen LogP contribution in [-0.4, -0.2) is 54.6 Å². The van der Waals surface area contributed by atoms with Gasteiger partial charge in [0.05, 0.1) is 19.1 Å². The fourth-order valence-electron chi connectivity index (χ4n) is 7.43. The zero-order valence-corrected chi connectivity index (χ0v) is 22.9. The van der Waals surface area contributed by atoms with Crippen molar-refractivity contribution >= 4 is 51.8 Å². The number of carbonyl (C=O) groups excluding carboxylic acids is 2. The molecule has 1 amide bonds. The van der Waals surface area contributed by atoms with Crippen LogP contribution in [0.2, 0.25) is 0 Å². The lowest BCUT2D eigenvalue weighted by Crippen LogP contribution is -2.57. The van der Waals surface area contributed by atoms with E-state index in [9.17, 15) is 9.59 Å². The number of thiocarbonyl (C=S) groups is 1. The topological polar surface area (TPSA) is 78.2 Å². The van der Waals surface area contributed by atoms with Crippen molar-refractivity contribution in [3.8, 4) is 0 Å². The van der Waals surface area contributed by atoms with E-state index >= 15 is 0 Å². The van der Waals surface area contributed by atoms with Gasteiger partial charge in [0.25, 0.3) is 5.91 Å². The molecule has 2 heterocycles. The molecule has 1 aromatic heterocycles. The highest BCUT2D eigenvalue weighted by Gasteiger charge is 2.53. The molecule has 6 aliphatic rings. The zero-order valence-electron chi connectivity index (χ0n) is 21.2. The molecule has 1 saturated heterocycles. The SMILES string of the molecule is COC(=O)C1=C(OC)C(OC)CC(c2ccc(C=C3SC(=S)N(C4C5CC6CC(C5)CC4C6)C3=O)o2)=C1. The van der Waals surface area contributed by atoms with E-state index in [2.05, 4.69) is 0 Å². The van der Waals surface area contributed by atoms with Crippen molar-refractivity contribution in [1.82, 2.24) is 4.90 Å². The second kappa shape index (κ2) is 9.75. The van der Waals surface area contributed by atoms with Crippen molar-refractivity contribution in [2.75, 3.05) is 21.3 Å². The molecule has 5 aliphatic carbocycles. The van der Waals surface area contributed by atoms with Crippen molar-refractivity contribution in [2.45, 2.75) is 50.7 Å². The lowest BCUT2D eigenvalue weighted by molar-refractivity contribution is -0.136. The molecule has 7 rings (SSSR count). The van der Waals surface area contributed by atoms with Crippen molar-refractivity contribution in [1.29, 1.82) is 0 Å². The molecule has 0 aromatic carbocycles. The fourth-order valence-corrected chi connectivity index (χ4v) is 8.76. The molecule has 0 spiro atoms. The van der Waals surface area contributed by atoms with Crippen LogP contribution in [0.1, 0.15) is 50.0 Å². The highest BCUT2D eigenvalue weighted by atomic mass is 32.2. The van der Waals surface area contributed by atoms with E-state index in [1.807, 2.05) is 17.0 Å². The summed E-state index contributed by atoms with van der Waals surface area (Å²) in [5, 5.41) is 0. The molecular weight excluding hydrogens is 510 g/mol. The third kappa shape index (κ3) is 4.29. The van der Waals surface area contributed by atoms with Crippen LogP contribution in [0.25, 0.3) is 11.6 Å². The van der Waals surface area contributed by atoms with Gasteiger partial charge in [-0.25, -0.2) is 4.79 Å². The van der Waals surface area contributed by atoms with E-state index in [0.29, 0.717) is 50.3 Å². The third-order valence-electron chi connectivity index (χ3n) is 8.71. The number of hydrogen-bond donors (Lipinski definition) is 0. The summed E-state index contributed by atoms with van der Waals surface area (Å²) in [5.74, 6) is 3.93. The summed E-state index contributed by atoms with van der Waals surface area (Å²) in [6, 6.07) is 3.92. The largest absolute Gasteiger partial charge is 0.497 e. The Bertz CT molecular complexity index is 1210. The first kappa shape index (κ1) is 24.9. The van der Waals surface area contributed by atoms with E-state index in [0.717, 1.165) is 17.4 Å². The lowest BCUT2D eigenvalue weighted by Gasteiger charge is -2.56. The molecule has 5 fully saturated rings. The van der Waals surface area contributed by atoms with Gasteiger partial charge in [0.2, 0.25) is 0 Å².